The first-order valence-electron chi connectivity index (χ1n) is 11.8. The zero-order chi connectivity index (χ0) is 21.0. The summed E-state index contributed by atoms with van der Waals surface area (Å²) in [6, 6.07) is 0.960. The van der Waals surface area contributed by atoms with Crippen molar-refractivity contribution >= 4 is 50.0 Å². The fraction of sp³-hybridized carbons (Fsp3) is 1.00. The van der Waals surface area contributed by atoms with Gasteiger partial charge in [0.25, 0.3) is 0 Å². The maximum atomic E-state index is 5.93. The molecule has 0 saturated heterocycles. The summed E-state index contributed by atoms with van der Waals surface area (Å²) in [5.74, 6) is 3.63. The molecule has 0 radical (unpaired) electrons. The van der Waals surface area contributed by atoms with Crippen LogP contribution >= 0.6 is 41.2 Å². The highest BCUT2D eigenvalue weighted by molar-refractivity contribution is 9.26. The Morgan fingerprint density at radius 3 is 1.86 bits per heavy atom. The Labute approximate surface area is 197 Å². The molecule has 0 amide bonds. The molecular weight excluding hydrogens is 457 g/mol. The van der Waals surface area contributed by atoms with Crippen LogP contribution in [-0.2, 0) is 13.3 Å². The van der Waals surface area contributed by atoms with Crippen molar-refractivity contribution in [1.29, 1.82) is 0 Å². The second-order valence-corrected chi connectivity index (χ2v) is 16.5. The predicted octanol–water partition coefficient (Wildman–Crippen LogP) is 8.63. The minimum atomic E-state index is -2.42. The number of hydrogen-bond acceptors (Lipinski definition) is 7. The molecular formula is C21H44O3S4Si. The van der Waals surface area contributed by atoms with Gasteiger partial charge in [0.05, 0.1) is 0 Å². The molecule has 0 aliphatic heterocycles. The van der Waals surface area contributed by atoms with E-state index >= 15 is 0 Å². The monoisotopic (exact) mass is 500 g/mol. The van der Waals surface area contributed by atoms with Crippen LogP contribution in [0.5, 0.6) is 0 Å². The molecule has 0 N–H and O–H groups in total. The Bertz CT molecular complexity index is 344. The van der Waals surface area contributed by atoms with Gasteiger partial charge in [0.2, 0.25) is 0 Å². The fourth-order valence-corrected chi connectivity index (χ4v) is 12.8. The largest absolute Gasteiger partial charge is 0.500 e. The van der Waals surface area contributed by atoms with Crippen molar-refractivity contribution in [3.8, 4) is 0 Å². The lowest BCUT2D eigenvalue weighted by atomic mass is 9.88. The van der Waals surface area contributed by atoms with Crippen LogP contribution in [0.1, 0.15) is 91.4 Å². The van der Waals surface area contributed by atoms with Crippen molar-refractivity contribution in [3.05, 3.63) is 0 Å². The van der Waals surface area contributed by atoms with Crippen LogP contribution < -0.4 is 0 Å². The van der Waals surface area contributed by atoms with E-state index in [1.165, 1.54) is 75.7 Å². The summed E-state index contributed by atoms with van der Waals surface area (Å²) < 4.78 is 17.8. The summed E-state index contributed by atoms with van der Waals surface area (Å²) in [6.45, 7) is 8.13. The van der Waals surface area contributed by atoms with Crippen LogP contribution in [0, 0.1) is 5.92 Å². The van der Waals surface area contributed by atoms with Gasteiger partial charge in [-0.1, -0.05) is 73.0 Å². The second kappa shape index (κ2) is 20.1. The SMILES string of the molecule is CCO[Si](CCCCCCCSSSSCCC1CCCCC1)(OCC)OCC. The maximum Gasteiger partial charge on any atom is 0.500 e. The molecule has 0 aromatic heterocycles. The molecule has 8 heteroatoms. The molecule has 1 fully saturated rings. The lowest BCUT2D eigenvalue weighted by Crippen LogP contribution is -2.45. The van der Waals surface area contributed by atoms with Gasteiger partial charge in [-0.2, -0.15) is 0 Å². The summed E-state index contributed by atoms with van der Waals surface area (Å²) in [4.78, 5) is 0. The fourth-order valence-electron chi connectivity index (χ4n) is 3.83. The quantitative estimate of drug-likeness (QED) is 0.0937. The van der Waals surface area contributed by atoms with Gasteiger partial charge in [0.1, 0.15) is 0 Å². The Morgan fingerprint density at radius 2 is 1.24 bits per heavy atom. The zero-order valence-electron chi connectivity index (χ0n) is 19.0. The van der Waals surface area contributed by atoms with Crippen LogP contribution in [0.15, 0.2) is 0 Å². The van der Waals surface area contributed by atoms with Crippen molar-refractivity contribution < 1.29 is 13.3 Å². The summed E-state index contributed by atoms with van der Waals surface area (Å²) in [5, 5.41) is 0. The van der Waals surface area contributed by atoms with E-state index in [1.807, 2.05) is 51.2 Å². The van der Waals surface area contributed by atoms with Gasteiger partial charge in [0, 0.05) is 37.4 Å². The number of hydrogen-bond donors (Lipinski definition) is 0. The molecule has 29 heavy (non-hydrogen) atoms. The van der Waals surface area contributed by atoms with Crippen molar-refractivity contribution in [3.63, 3.8) is 0 Å². The summed E-state index contributed by atoms with van der Waals surface area (Å²) in [6.07, 6.45) is 15.2. The first-order chi connectivity index (χ1) is 14.3. The third-order valence-corrected chi connectivity index (χ3v) is 15.0. The molecule has 0 unspecified atom stereocenters. The molecule has 1 saturated carbocycles. The van der Waals surface area contributed by atoms with E-state index < -0.39 is 8.80 Å². The Balaban J connectivity index is 1.89. The van der Waals surface area contributed by atoms with E-state index in [9.17, 15) is 0 Å². The van der Waals surface area contributed by atoms with Crippen LogP contribution in [0.2, 0.25) is 6.04 Å². The van der Waals surface area contributed by atoms with Gasteiger partial charge in [-0.05, 0) is 65.6 Å². The van der Waals surface area contributed by atoms with Crippen LogP contribution in [0.4, 0.5) is 0 Å². The lowest BCUT2D eigenvalue weighted by molar-refractivity contribution is 0.0706. The lowest BCUT2D eigenvalue weighted by Gasteiger charge is -2.28. The van der Waals surface area contributed by atoms with Gasteiger partial charge < -0.3 is 13.3 Å². The summed E-state index contributed by atoms with van der Waals surface area (Å²) >= 11 is 0. The van der Waals surface area contributed by atoms with E-state index in [0.717, 1.165) is 18.4 Å². The highest BCUT2D eigenvalue weighted by atomic mass is 33.7. The van der Waals surface area contributed by atoms with E-state index in [1.54, 1.807) is 0 Å². The molecule has 0 bridgehead atoms. The molecule has 0 atom stereocenters. The molecule has 0 aromatic rings. The highest BCUT2D eigenvalue weighted by Crippen LogP contribution is 2.44. The van der Waals surface area contributed by atoms with Crippen LogP contribution in [-0.4, -0.2) is 40.1 Å². The van der Waals surface area contributed by atoms with Crippen molar-refractivity contribution in [2.24, 2.45) is 5.92 Å². The van der Waals surface area contributed by atoms with Gasteiger partial charge in [-0.25, -0.2) is 0 Å². The van der Waals surface area contributed by atoms with Crippen molar-refractivity contribution in [1.82, 2.24) is 0 Å². The minimum absolute atomic E-state index is 0.679. The molecule has 1 aliphatic carbocycles. The van der Waals surface area contributed by atoms with E-state index in [2.05, 4.69) is 10.8 Å². The molecule has 0 heterocycles. The summed E-state index contributed by atoms with van der Waals surface area (Å²) in [7, 11) is 5.65. The van der Waals surface area contributed by atoms with Gasteiger partial charge >= 0.3 is 8.80 Å². The van der Waals surface area contributed by atoms with Crippen molar-refractivity contribution in [2.75, 3.05) is 31.3 Å². The summed E-state index contributed by atoms with van der Waals surface area (Å²) in [5.41, 5.74) is 0. The zero-order valence-corrected chi connectivity index (χ0v) is 23.2. The average Bonchev–Trinajstić information content (AvgIpc) is 2.73. The highest BCUT2D eigenvalue weighted by Gasteiger charge is 2.39. The van der Waals surface area contributed by atoms with Gasteiger partial charge in [-0.3, -0.25) is 0 Å². The van der Waals surface area contributed by atoms with Crippen LogP contribution in [0.3, 0.4) is 0 Å². The first-order valence-corrected chi connectivity index (χ1v) is 18.8. The smallest absolute Gasteiger partial charge is 0.374 e. The van der Waals surface area contributed by atoms with E-state index in [-0.39, 0.29) is 0 Å². The minimum Gasteiger partial charge on any atom is -0.374 e. The topological polar surface area (TPSA) is 27.7 Å². The molecule has 1 rings (SSSR count). The molecule has 0 aromatic carbocycles. The Morgan fingerprint density at radius 1 is 0.690 bits per heavy atom. The van der Waals surface area contributed by atoms with Gasteiger partial charge in [-0.15, -0.1) is 0 Å². The van der Waals surface area contributed by atoms with E-state index in [0.29, 0.717) is 19.8 Å². The Hall–Kier alpha value is 1.50. The predicted molar refractivity (Wildman–Crippen MR) is 140 cm³/mol. The normalized spacial score (nSPS) is 15.8. The molecule has 1 aliphatic rings. The molecule has 0 spiro atoms. The second-order valence-electron chi connectivity index (χ2n) is 7.57. The van der Waals surface area contributed by atoms with E-state index in [4.69, 9.17) is 13.3 Å². The number of unbranched alkanes of at least 4 members (excludes halogenated alkanes) is 4. The van der Waals surface area contributed by atoms with Crippen molar-refractivity contribution in [2.45, 2.75) is 97.4 Å². The first kappa shape index (κ1) is 28.5. The average molecular weight is 501 g/mol. The third kappa shape index (κ3) is 15.0. The Kier molecular flexibility index (Phi) is 19.8. The van der Waals surface area contributed by atoms with Gasteiger partial charge in [0.15, 0.2) is 0 Å². The third-order valence-electron chi connectivity index (χ3n) is 5.26. The maximum absolute atomic E-state index is 5.93. The molecule has 3 nitrogen and oxygen atoms in total. The standard InChI is InChI=1S/C21H44O3S4Si/c1-4-22-29(23-5-2,24-6-3)20-14-9-7-8-13-18-25-27-28-26-19-17-21-15-11-10-12-16-21/h21H,4-20H2,1-3H3. The molecule has 174 valence electrons. The van der Waals surface area contributed by atoms with Crippen LogP contribution in [0.25, 0.3) is 0 Å². The number of rotatable bonds is 20.